The standard InChI is InChI=1S/C18H23Cl2NO2/c1-10-14-8-11(13-5-4-12(19)9-15(13)20)6-7-18(14,16(22)21-10)17(2,3)23/h4-5,9-11,14,23H,6-8H2,1-3H3,(H,21,22)/t10-,11-,14-,18+/m1/s1. The van der Waals surface area contributed by atoms with Gasteiger partial charge < -0.3 is 10.4 Å². The topological polar surface area (TPSA) is 49.3 Å². The molecule has 1 aromatic carbocycles. The Balaban J connectivity index is 1.95. The summed E-state index contributed by atoms with van der Waals surface area (Å²) in [6, 6.07) is 5.68. The second kappa shape index (κ2) is 5.65. The molecule has 1 heterocycles. The van der Waals surface area contributed by atoms with Crippen molar-refractivity contribution in [3.8, 4) is 0 Å². The van der Waals surface area contributed by atoms with Gasteiger partial charge in [-0.25, -0.2) is 0 Å². The van der Waals surface area contributed by atoms with E-state index in [1.165, 1.54) is 0 Å². The molecule has 23 heavy (non-hydrogen) atoms. The average Bonchev–Trinajstić information content (AvgIpc) is 2.70. The number of hydrogen-bond acceptors (Lipinski definition) is 2. The summed E-state index contributed by atoms with van der Waals surface area (Å²) in [4.78, 5) is 12.6. The predicted octanol–water partition coefficient (Wildman–Crippen LogP) is 4.15. The SMILES string of the molecule is C[C@H]1NC(=O)[C@]2(C(C)(C)O)CC[C@@H](c3ccc(Cl)cc3Cl)C[C@H]12. The van der Waals surface area contributed by atoms with Crippen LogP contribution in [0, 0.1) is 11.3 Å². The van der Waals surface area contributed by atoms with Crippen LogP contribution >= 0.6 is 23.2 Å². The Morgan fingerprint density at radius 2 is 2.04 bits per heavy atom. The fourth-order valence-corrected chi connectivity index (χ4v) is 5.28. The number of nitrogens with one attached hydrogen (secondary N) is 1. The highest BCUT2D eigenvalue weighted by Gasteiger charge is 2.62. The molecule has 0 unspecified atom stereocenters. The smallest absolute Gasteiger partial charge is 0.229 e. The summed E-state index contributed by atoms with van der Waals surface area (Å²) in [5.41, 5.74) is -0.657. The molecule has 0 bridgehead atoms. The van der Waals surface area contributed by atoms with Gasteiger partial charge in [0.05, 0.1) is 11.0 Å². The molecule has 1 saturated heterocycles. The quantitative estimate of drug-likeness (QED) is 0.836. The number of halogens is 2. The minimum absolute atomic E-state index is 0.0110. The normalized spacial score (nSPS) is 34.2. The van der Waals surface area contributed by atoms with Gasteiger partial charge in [-0.3, -0.25) is 4.79 Å². The first-order chi connectivity index (χ1) is 10.7. The molecule has 3 rings (SSSR count). The van der Waals surface area contributed by atoms with Crippen LogP contribution in [0.1, 0.15) is 51.5 Å². The minimum atomic E-state index is -1.04. The molecule has 2 aliphatic rings. The summed E-state index contributed by atoms with van der Waals surface area (Å²) < 4.78 is 0. The number of carbonyl (C=O) groups excluding carboxylic acids is 1. The third-order valence-corrected chi connectivity index (χ3v) is 6.48. The van der Waals surface area contributed by atoms with Gasteiger partial charge in [0.2, 0.25) is 5.91 Å². The zero-order valence-corrected chi connectivity index (χ0v) is 15.2. The maximum absolute atomic E-state index is 12.6. The van der Waals surface area contributed by atoms with Crippen molar-refractivity contribution in [2.75, 3.05) is 0 Å². The Labute approximate surface area is 147 Å². The molecule has 2 fully saturated rings. The molecule has 5 heteroatoms. The van der Waals surface area contributed by atoms with Crippen LogP contribution in [0.25, 0.3) is 0 Å². The number of aliphatic hydroxyl groups is 1. The molecule has 1 aliphatic carbocycles. The van der Waals surface area contributed by atoms with Crippen LogP contribution in [0.4, 0.5) is 0 Å². The molecule has 1 aromatic rings. The highest BCUT2D eigenvalue weighted by molar-refractivity contribution is 6.35. The molecule has 0 spiro atoms. The van der Waals surface area contributed by atoms with E-state index in [1.54, 1.807) is 19.9 Å². The predicted molar refractivity (Wildman–Crippen MR) is 92.9 cm³/mol. The maximum atomic E-state index is 12.6. The fourth-order valence-electron chi connectivity index (χ4n) is 4.71. The van der Waals surface area contributed by atoms with Gasteiger partial charge in [0.1, 0.15) is 0 Å². The third-order valence-electron chi connectivity index (χ3n) is 5.92. The summed E-state index contributed by atoms with van der Waals surface area (Å²) in [5, 5.41) is 15.1. The van der Waals surface area contributed by atoms with Gasteiger partial charge in [-0.1, -0.05) is 29.3 Å². The minimum Gasteiger partial charge on any atom is -0.389 e. The lowest BCUT2D eigenvalue weighted by Gasteiger charge is -2.48. The Kier molecular flexibility index (Phi) is 4.19. The van der Waals surface area contributed by atoms with Crippen molar-refractivity contribution in [2.24, 2.45) is 11.3 Å². The Morgan fingerprint density at radius 3 is 2.65 bits per heavy atom. The van der Waals surface area contributed by atoms with Crippen LogP contribution in [-0.4, -0.2) is 22.7 Å². The second-order valence-corrected chi connectivity index (χ2v) is 8.38. The first kappa shape index (κ1) is 17.1. The van der Waals surface area contributed by atoms with Crippen molar-refractivity contribution < 1.29 is 9.90 Å². The number of rotatable bonds is 2. The van der Waals surface area contributed by atoms with Crippen LogP contribution in [0.5, 0.6) is 0 Å². The molecular formula is C18H23Cl2NO2. The van der Waals surface area contributed by atoms with E-state index in [0.717, 1.165) is 18.4 Å². The number of hydrogen-bond donors (Lipinski definition) is 2. The van der Waals surface area contributed by atoms with Crippen LogP contribution in [0.2, 0.25) is 10.0 Å². The lowest BCUT2D eigenvalue weighted by Crippen LogP contribution is -2.54. The van der Waals surface area contributed by atoms with Gasteiger partial charge in [-0.15, -0.1) is 0 Å². The molecule has 126 valence electrons. The van der Waals surface area contributed by atoms with E-state index in [-0.39, 0.29) is 23.8 Å². The molecule has 0 radical (unpaired) electrons. The van der Waals surface area contributed by atoms with Crippen molar-refractivity contribution in [3.05, 3.63) is 33.8 Å². The van der Waals surface area contributed by atoms with Crippen LogP contribution in [0.15, 0.2) is 18.2 Å². The first-order valence-corrected chi connectivity index (χ1v) is 8.90. The van der Waals surface area contributed by atoms with Gasteiger partial charge in [-0.05, 0) is 69.6 Å². The Morgan fingerprint density at radius 1 is 1.35 bits per heavy atom. The highest BCUT2D eigenvalue weighted by Crippen LogP contribution is 2.57. The zero-order chi connectivity index (χ0) is 17.0. The van der Waals surface area contributed by atoms with Crippen molar-refractivity contribution in [2.45, 2.75) is 57.6 Å². The van der Waals surface area contributed by atoms with Crippen molar-refractivity contribution in [1.82, 2.24) is 5.32 Å². The first-order valence-electron chi connectivity index (χ1n) is 8.15. The summed E-state index contributed by atoms with van der Waals surface area (Å²) in [6.07, 6.45) is 2.34. The number of fused-ring (bicyclic) bond motifs is 1. The summed E-state index contributed by atoms with van der Waals surface area (Å²) in [5.74, 6) is 0.374. The van der Waals surface area contributed by atoms with Crippen molar-refractivity contribution in [1.29, 1.82) is 0 Å². The van der Waals surface area contributed by atoms with Gasteiger partial charge >= 0.3 is 0 Å². The van der Waals surface area contributed by atoms with Crippen LogP contribution in [0.3, 0.4) is 0 Å². The van der Waals surface area contributed by atoms with Gasteiger partial charge in [-0.2, -0.15) is 0 Å². The summed E-state index contributed by atoms with van der Waals surface area (Å²) >= 11 is 12.4. The van der Waals surface area contributed by atoms with Crippen molar-refractivity contribution >= 4 is 29.1 Å². The molecule has 4 atom stereocenters. The largest absolute Gasteiger partial charge is 0.389 e. The zero-order valence-electron chi connectivity index (χ0n) is 13.7. The fraction of sp³-hybridized carbons (Fsp3) is 0.611. The number of benzene rings is 1. The summed E-state index contributed by atoms with van der Waals surface area (Å²) in [7, 11) is 0. The van der Waals surface area contributed by atoms with Crippen molar-refractivity contribution in [3.63, 3.8) is 0 Å². The molecule has 3 nitrogen and oxygen atoms in total. The van der Waals surface area contributed by atoms with E-state index in [1.807, 2.05) is 19.1 Å². The van der Waals surface area contributed by atoms with E-state index < -0.39 is 11.0 Å². The number of amides is 1. The van der Waals surface area contributed by atoms with E-state index in [4.69, 9.17) is 23.2 Å². The second-order valence-electron chi connectivity index (χ2n) is 7.54. The Hall–Kier alpha value is -0.770. The molecule has 1 amide bonds. The van der Waals surface area contributed by atoms with E-state index >= 15 is 0 Å². The molecule has 2 N–H and O–H groups in total. The lowest BCUT2D eigenvalue weighted by molar-refractivity contribution is -0.151. The molecule has 1 saturated carbocycles. The third kappa shape index (κ3) is 2.57. The van der Waals surface area contributed by atoms with E-state index in [2.05, 4.69) is 5.32 Å². The van der Waals surface area contributed by atoms with Crippen LogP contribution < -0.4 is 5.32 Å². The van der Waals surface area contributed by atoms with Gasteiger partial charge in [0, 0.05) is 16.1 Å². The number of carbonyl (C=O) groups is 1. The maximum Gasteiger partial charge on any atom is 0.229 e. The average molecular weight is 356 g/mol. The molecule has 1 aliphatic heterocycles. The van der Waals surface area contributed by atoms with E-state index in [9.17, 15) is 9.90 Å². The van der Waals surface area contributed by atoms with Gasteiger partial charge in [0.15, 0.2) is 0 Å². The van der Waals surface area contributed by atoms with Crippen LogP contribution in [-0.2, 0) is 4.79 Å². The Bertz CT molecular complexity index is 640. The monoisotopic (exact) mass is 355 g/mol. The highest BCUT2D eigenvalue weighted by atomic mass is 35.5. The lowest BCUT2D eigenvalue weighted by atomic mass is 9.56. The van der Waals surface area contributed by atoms with E-state index in [0.29, 0.717) is 16.5 Å². The molecular weight excluding hydrogens is 333 g/mol. The molecule has 0 aromatic heterocycles. The van der Waals surface area contributed by atoms with Gasteiger partial charge in [0.25, 0.3) is 0 Å². The summed E-state index contributed by atoms with van der Waals surface area (Å²) in [6.45, 7) is 5.54.